The average Bonchev–Trinajstić information content (AvgIpc) is 1.81. The Bertz CT molecular complexity index is 78.0. The van der Waals surface area contributed by atoms with Gasteiger partial charge in [0.05, 0.1) is 12.4 Å². The van der Waals surface area contributed by atoms with Crippen LogP contribution in [0.5, 0.6) is 0 Å². The molecule has 0 bridgehead atoms. The second-order valence-corrected chi connectivity index (χ2v) is 2.03. The maximum atomic E-state index is 3.84. The fraction of sp³-hybridized carbons (Fsp3) is 0.500. The van der Waals surface area contributed by atoms with Gasteiger partial charge in [0.25, 0.3) is 0 Å². The SMILES string of the molecule is CS/N=C/C=N/SC. The zero-order valence-electron chi connectivity index (χ0n) is 4.87. The summed E-state index contributed by atoms with van der Waals surface area (Å²) in [5.74, 6) is 0. The molecule has 0 unspecified atom stereocenters. The lowest BCUT2D eigenvalue weighted by atomic mass is 10.9. The first-order valence-corrected chi connectivity index (χ1v) is 4.39. The van der Waals surface area contributed by atoms with Crippen molar-refractivity contribution < 1.29 is 0 Å². The molecule has 0 heterocycles. The van der Waals surface area contributed by atoms with Crippen molar-refractivity contribution in [2.75, 3.05) is 12.5 Å². The molecule has 0 saturated heterocycles. The van der Waals surface area contributed by atoms with Gasteiger partial charge in [0.2, 0.25) is 0 Å². The first-order chi connectivity index (χ1) is 3.91. The van der Waals surface area contributed by atoms with Gasteiger partial charge in [-0.3, -0.25) is 0 Å². The molecule has 0 aromatic heterocycles. The molecule has 0 aromatic rings. The summed E-state index contributed by atoms with van der Waals surface area (Å²) in [6, 6.07) is 0. The van der Waals surface area contributed by atoms with Crippen LogP contribution in [0, 0.1) is 0 Å². The van der Waals surface area contributed by atoms with E-state index < -0.39 is 0 Å². The van der Waals surface area contributed by atoms with E-state index in [2.05, 4.69) is 8.80 Å². The maximum absolute atomic E-state index is 3.84. The van der Waals surface area contributed by atoms with E-state index in [1.165, 1.54) is 23.9 Å². The van der Waals surface area contributed by atoms with Crippen molar-refractivity contribution in [3.63, 3.8) is 0 Å². The summed E-state index contributed by atoms with van der Waals surface area (Å²) < 4.78 is 7.68. The number of rotatable bonds is 3. The van der Waals surface area contributed by atoms with Crippen molar-refractivity contribution in [1.29, 1.82) is 0 Å². The van der Waals surface area contributed by atoms with Crippen LogP contribution in [-0.4, -0.2) is 24.9 Å². The summed E-state index contributed by atoms with van der Waals surface area (Å²) in [4.78, 5) is 0. The van der Waals surface area contributed by atoms with E-state index in [0.29, 0.717) is 0 Å². The molecule has 0 spiro atoms. The number of hydrogen-bond donors (Lipinski definition) is 0. The van der Waals surface area contributed by atoms with E-state index in [0.717, 1.165) is 0 Å². The van der Waals surface area contributed by atoms with Gasteiger partial charge in [-0.1, -0.05) is 0 Å². The second-order valence-electron chi connectivity index (χ2n) is 0.874. The number of nitrogens with zero attached hydrogens (tertiary/aromatic N) is 2. The molecule has 0 fully saturated rings. The average molecular weight is 148 g/mol. The molecule has 46 valence electrons. The van der Waals surface area contributed by atoms with Crippen LogP contribution in [0.25, 0.3) is 0 Å². The van der Waals surface area contributed by atoms with Gasteiger partial charge in [0, 0.05) is 12.5 Å². The lowest BCUT2D eigenvalue weighted by Crippen LogP contribution is -1.68. The Hall–Kier alpha value is 0.0400. The molecule has 0 radical (unpaired) electrons. The van der Waals surface area contributed by atoms with Gasteiger partial charge in [0.15, 0.2) is 0 Å². The predicted octanol–water partition coefficient (Wildman–Crippen LogP) is 1.68. The molecule has 0 atom stereocenters. The van der Waals surface area contributed by atoms with Gasteiger partial charge in [0.1, 0.15) is 0 Å². The van der Waals surface area contributed by atoms with E-state index in [1.54, 1.807) is 12.4 Å². The first kappa shape index (κ1) is 8.04. The summed E-state index contributed by atoms with van der Waals surface area (Å²) in [7, 11) is 0. The standard InChI is InChI=1S/C4H8N2S2/c1-7-5-3-4-6-8-2/h3-4H,1-2H3/b5-3+,6-4+. The van der Waals surface area contributed by atoms with Crippen molar-refractivity contribution in [2.45, 2.75) is 0 Å². The molecule has 0 aliphatic carbocycles. The van der Waals surface area contributed by atoms with Crippen molar-refractivity contribution >= 4 is 36.3 Å². The maximum Gasteiger partial charge on any atom is 0.0541 e. The highest BCUT2D eigenvalue weighted by atomic mass is 32.2. The molecule has 0 aliphatic rings. The summed E-state index contributed by atoms with van der Waals surface area (Å²) in [5.41, 5.74) is 0. The molecular weight excluding hydrogens is 140 g/mol. The Morgan fingerprint density at radius 3 is 1.62 bits per heavy atom. The zero-order chi connectivity index (χ0) is 6.24. The topological polar surface area (TPSA) is 24.7 Å². The third-order valence-corrected chi connectivity index (χ3v) is 1.06. The van der Waals surface area contributed by atoms with E-state index in [1.807, 2.05) is 12.5 Å². The Labute approximate surface area is 58.1 Å². The van der Waals surface area contributed by atoms with Crippen molar-refractivity contribution in [3.05, 3.63) is 0 Å². The van der Waals surface area contributed by atoms with Crippen LogP contribution in [0.15, 0.2) is 8.80 Å². The van der Waals surface area contributed by atoms with Gasteiger partial charge in [-0.25, -0.2) is 8.80 Å². The molecule has 0 aromatic carbocycles. The summed E-state index contributed by atoms with van der Waals surface area (Å²) in [5, 5.41) is 0. The molecular formula is C4H8N2S2. The predicted molar refractivity (Wildman–Crippen MR) is 44.0 cm³/mol. The van der Waals surface area contributed by atoms with Gasteiger partial charge in [-0.2, -0.15) is 0 Å². The normalized spacial score (nSPS) is 11.8. The summed E-state index contributed by atoms with van der Waals surface area (Å²) in [6.07, 6.45) is 7.15. The van der Waals surface area contributed by atoms with Crippen LogP contribution in [0.1, 0.15) is 0 Å². The smallest absolute Gasteiger partial charge is 0.0541 e. The van der Waals surface area contributed by atoms with Crippen LogP contribution in [-0.2, 0) is 0 Å². The molecule has 0 N–H and O–H groups in total. The van der Waals surface area contributed by atoms with Gasteiger partial charge < -0.3 is 0 Å². The molecule has 0 rings (SSSR count). The monoisotopic (exact) mass is 148 g/mol. The first-order valence-electron chi connectivity index (χ1n) is 2.03. The van der Waals surface area contributed by atoms with Crippen LogP contribution in [0.3, 0.4) is 0 Å². The Morgan fingerprint density at radius 1 is 1.00 bits per heavy atom. The molecule has 0 amide bonds. The lowest BCUT2D eigenvalue weighted by Gasteiger charge is -1.74. The Kier molecular flexibility index (Phi) is 7.08. The van der Waals surface area contributed by atoms with Crippen molar-refractivity contribution in [1.82, 2.24) is 0 Å². The highest BCUT2D eigenvalue weighted by molar-refractivity contribution is 7.97. The Morgan fingerprint density at radius 2 is 1.38 bits per heavy atom. The molecule has 0 saturated carbocycles. The lowest BCUT2D eigenvalue weighted by molar-refractivity contribution is 1.96. The van der Waals surface area contributed by atoms with Crippen LogP contribution >= 0.6 is 23.9 Å². The van der Waals surface area contributed by atoms with Crippen molar-refractivity contribution in [3.8, 4) is 0 Å². The molecule has 2 nitrogen and oxygen atoms in total. The second kappa shape index (κ2) is 7.04. The van der Waals surface area contributed by atoms with E-state index in [-0.39, 0.29) is 0 Å². The third kappa shape index (κ3) is 6.04. The molecule has 8 heavy (non-hydrogen) atoms. The van der Waals surface area contributed by atoms with Crippen LogP contribution < -0.4 is 0 Å². The fourth-order valence-corrected chi connectivity index (χ4v) is 0.528. The molecule has 0 aliphatic heterocycles. The third-order valence-electron chi connectivity index (χ3n) is 0.399. The highest BCUT2D eigenvalue weighted by Crippen LogP contribution is 1.90. The highest BCUT2D eigenvalue weighted by Gasteiger charge is 1.63. The molecule has 4 heteroatoms. The van der Waals surface area contributed by atoms with Crippen molar-refractivity contribution in [2.24, 2.45) is 8.80 Å². The summed E-state index contributed by atoms with van der Waals surface area (Å²) >= 11 is 2.84. The van der Waals surface area contributed by atoms with E-state index in [4.69, 9.17) is 0 Å². The fourth-order valence-electron chi connectivity index (χ4n) is 0.176. The minimum Gasteiger partial charge on any atom is -0.223 e. The van der Waals surface area contributed by atoms with E-state index in [9.17, 15) is 0 Å². The van der Waals surface area contributed by atoms with Gasteiger partial charge in [-0.05, 0) is 23.9 Å². The quantitative estimate of drug-likeness (QED) is 0.449. The van der Waals surface area contributed by atoms with Crippen LogP contribution in [0.2, 0.25) is 0 Å². The van der Waals surface area contributed by atoms with Crippen LogP contribution in [0.4, 0.5) is 0 Å². The largest absolute Gasteiger partial charge is 0.223 e. The van der Waals surface area contributed by atoms with Gasteiger partial charge in [-0.15, -0.1) is 0 Å². The zero-order valence-corrected chi connectivity index (χ0v) is 6.50. The summed E-state index contributed by atoms with van der Waals surface area (Å²) in [6.45, 7) is 0. The minimum atomic E-state index is 1.42. The minimum absolute atomic E-state index is 1.42. The number of hydrogen-bond acceptors (Lipinski definition) is 4. The van der Waals surface area contributed by atoms with E-state index >= 15 is 0 Å². The Balaban J connectivity index is 3.13. The van der Waals surface area contributed by atoms with Gasteiger partial charge >= 0.3 is 0 Å².